The number of carbonyl (C=O) groups is 1. The summed E-state index contributed by atoms with van der Waals surface area (Å²) >= 11 is 0. The van der Waals surface area contributed by atoms with Crippen molar-refractivity contribution in [1.29, 1.82) is 0 Å². The van der Waals surface area contributed by atoms with E-state index in [0.717, 1.165) is 0 Å². The Balaban J connectivity index is 2.43. The van der Waals surface area contributed by atoms with Gasteiger partial charge in [0.05, 0.1) is 19.2 Å². The van der Waals surface area contributed by atoms with Crippen LogP contribution in [0.1, 0.15) is 20.3 Å². The molecule has 1 unspecified atom stereocenters. The van der Waals surface area contributed by atoms with Gasteiger partial charge in [0, 0.05) is 26.1 Å². The molecule has 17 heavy (non-hydrogen) atoms. The van der Waals surface area contributed by atoms with E-state index >= 15 is 0 Å². The lowest BCUT2D eigenvalue weighted by atomic mass is 10.1. The summed E-state index contributed by atoms with van der Waals surface area (Å²) in [6, 6.07) is -0.758. The molecule has 4 nitrogen and oxygen atoms in total. The van der Waals surface area contributed by atoms with Crippen molar-refractivity contribution < 1.29 is 18.3 Å². The van der Waals surface area contributed by atoms with Crippen LogP contribution in [0.5, 0.6) is 0 Å². The lowest BCUT2D eigenvalue weighted by Crippen LogP contribution is -2.44. The molecule has 1 aliphatic heterocycles. The Kier molecular flexibility index (Phi) is 5.27. The molecule has 1 heterocycles. The lowest BCUT2D eigenvalue weighted by Gasteiger charge is -2.24. The average molecular weight is 250 g/mol. The Morgan fingerprint density at radius 3 is 2.71 bits per heavy atom. The second-order valence-electron chi connectivity index (χ2n) is 4.11. The first kappa shape index (κ1) is 14.3. The Labute approximate surface area is 100 Å². The fourth-order valence-corrected chi connectivity index (χ4v) is 1.85. The molecule has 1 amide bonds. The van der Waals surface area contributed by atoms with E-state index in [1.54, 1.807) is 4.90 Å². The van der Waals surface area contributed by atoms with E-state index < -0.39 is 24.9 Å². The summed E-state index contributed by atoms with van der Waals surface area (Å²) in [7, 11) is 0. The van der Waals surface area contributed by atoms with Crippen molar-refractivity contribution in [1.82, 2.24) is 10.2 Å². The van der Waals surface area contributed by atoms with Crippen molar-refractivity contribution in [2.45, 2.75) is 32.2 Å². The zero-order valence-electron chi connectivity index (χ0n) is 10.3. The van der Waals surface area contributed by atoms with Gasteiger partial charge < -0.3 is 9.64 Å². The molecule has 0 aliphatic carbocycles. The van der Waals surface area contributed by atoms with Crippen molar-refractivity contribution in [3.8, 4) is 0 Å². The summed E-state index contributed by atoms with van der Waals surface area (Å²) in [6.45, 7) is 5.29. The monoisotopic (exact) mass is 250 g/mol. The Hall–Kier alpha value is -0.750. The number of nitrogens with one attached hydrogen (secondary N) is 1. The highest BCUT2D eigenvalue weighted by molar-refractivity contribution is 5.82. The smallest absolute Gasteiger partial charge is 0.262 e. The molecule has 0 radical (unpaired) electrons. The highest BCUT2D eigenvalue weighted by atomic mass is 19.3. The van der Waals surface area contributed by atoms with Crippen LogP contribution in [-0.4, -0.2) is 55.6 Å². The van der Waals surface area contributed by atoms with E-state index in [9.17, 15) is 13.6 Å². The molecular formula is C11H20F2N2O2. The molecular weight excluding hydrogens is 230 g/mol. The molecule has 1 N–H and O–H groups in total. The summed E-state index contributed by atoms with van der Waals surface area (Å²) < 4.78 is 31.1. The molecule has 0 aromatic carbocycles. The van der Waals surface area contributed by atoms with Crippen LogP contribution in [0.25, 0.3) is 0 Å². The summed E-state index contributed by atoms with van der Waals surface area (Å²) in [5.41, 5.74) is 0. The number of nitrogens with zero attached hydrogens (tertiary/aromatic N) is 1. The Morgan fingerprint density at radius 1 is 1.53 bits per heavy atom. The first-order valence-electron chi connectivity index (χ1n) is 5.98. The largest absolute Gasteiger partial charge is 0.380 e. The van der Waals surface area contributed by atoms with Gasteiger partial charge in [0.2, 0.25) is 5.91 Å². The molecule has 6 heteroatoms. The van der Waals surface area contributed by atoms with Gasteiger partial charge >= 0.3 is 0 Å². The number of hydrogen-bond acceptors (Lipinski definition) is 3. The number of likely N-dealkylation sites (N-methyl/N-ethyl adjacent to an activating group) is 1. The topological polar surface area (TPSA) is 41.6 Å². The summed E-state index contributed by atoms with van der Waals surface area (Å²) in [4.78, 5) is 13.5. The van der Waals surface area contributed by atoms with Gasteiger partial charge in [-0.15, -0.1) is 0 Å². The fraction of sp³-hybridized carbons (Fsp3) is 0.909. The molecule has 1 saturated heterocycles. The molecule has 0 saturated carbocycles. The highest BCUT2D eigenvalue weighted by Crippen LogP contribution is 2.25. The fourth-order valence-electron chi connectivity index (χ4n) is 1.85. The molecule has 0 spiro atoms. The van der Waals surface area contributed by atoms with E-state index in [0.29, 0.717) is 26.3 Å². The lowest BCUT2D eigenvalue weighted by molar-refractivity contribution is -0.134. The van der Waals surface area contributed by atoms with Gasteiger partial charge in [-0.25, -0.2) is 8.78 Å². The van der Waals surface area contributed by atoms with Gasteiger partial charge in [-0.1, -0.05) is 0 Å². The van der Waals surface area contributed by atoms with E-state index in [4.69, 9.17) is 4.74 Å². The van der Waals surface area contributed by atoms with Crippen LogP contribution in [0.4, 0.5) is 8.78 Å². The van der Waals surface area contributed by atoms with E-state index in [-0.39, 0.29) is 5.91 Å². The van der Waals surface area contributed by atoms with Gasteiger partial charge in [-0.3, -0.25) is 10.1 Å². The zero-order valence-corrected chi connectivity index (χ0v) is 10.3. The average Bonchev–Trinajstić information content (AvgIpc) is 2.64. The molecule has 1 rings (SSSR count). The van der Waals surface area contributed by atoms with Gasteiger partial charge in [0.1, 0.15) is 0 Å². The molecule has 1 aliphatic rings. The minimum Gasteiger partial charge on any atom is -0.380 e. The molecule has 100 valence electrons. The normalized spacial score (nSPS) is 22.7. The standard InChI is InChI=1S/C11H20F2N2O2/c1-3-15(5-6-17-4-2)10(16)9-7-11(12,13)8-14-9/h9,14H,3-8H2,1-2H3. The zero-order chi connectivity index (χ0) is 12.9. The van der Waals surface area contributed by atoms with Crippen LogP contribution in [-0.2, 0) is 9.53 Å². The number of amides is 1. The van der Waals surface area contributed by atoms with E-state index in [2.05, 4.69) is 5.32 Å². The number of alkyl halides is 2. The van der Waals surface area contributed by atoms with Crippen LogP contribution in [0, 0.1) is 0 Å². The van der Waals surface area contributed by atoms with Crippen molar-refractivity contribution in [2.24, 2.45) is 0 Å². The number of halogens is 2. The van der Waals surface area contributed by atoms with E-state index in [1.165, 1.54) is 0 Å². The highest BCUT2D eigenvalue weighted by Gasteiger charge is 2.43. The number of ether oxygens (including phenoxy) is 1. The van der Waals surface area contributed by atoms with E-state index in [1.807, 2.05) is 13.8 Å². The molecule has 0 aromatic rings. The first-order chi connectivity index (χ1) is 8.00. The van der Waals surface area contributed by atoms with Crippen molar-refractivity contribution >= 4 is 5.91 Å². The predicted octanol–water partition coefficient (Wildman–Crippen LogP) is 0.869. The Morgan fingerprint density at radius 2 is 2.24 bits per heavy atom. The summed E-state index contributed by atoms with van der Waals surface area (Å²) in [5, 5.41) is 2.57. The number of carbonyl (C=O) groups excluding carboxylic acids is 1. The maximum atomic E-state index is 13.0. The summed E-state index contributed by atoms with van der Waals surface area (Å²) in [6.07, 6.45) is -0.406. The van der Waals surface area contributed by atoms with Gasteiger partial charge in [-0.05, 0) is 13.8 Å². The van der Waals surface area contributed by atoms with Crippen molar-refractivity contribution in [3.05, 3.63) is 0 Å². The number of rotatable bonds is 6. The predicted molar refractivity (Wildman–Crippen MR) is 60.1 cm³/mol. The van der Waals surface area contributed by atoms with Crippen molar-refractivity contribution in [3.63, 3.8) is 0 Å². The molecule has 0 aromatic heterocycles. The maximum Gasteiger partial charge on any atom is 0.262 e. The third-order valence-electron chi connectivity index (χ3n) is 2.81. The minimum absolute atomic E-state index is 0.260. The minimum atomic E-state index is -2.76. The second kappa shape index (κ2) is 6.26. The van der Waals surface area contributed by atoms with Gasteiger partial charge in [-0.2, -0.15) is 0 Å². The van der Waals surface area contributed by atoms with Gasteiger partial charge in [0.25, 0.3) is 5.92 Å². The SMILES string of the molecule is CCOCCN(CC)C(=O)C1CC(F)(F)CN1. The Bertz CT molecular complexity index is 262. The van der Waals surface area contributed by atoms with Crippen molar-refractivity contribution in [2.75, 3.05) is 32.8 Å². The van der Waals surface area contributed by atoms with Gasteiger partial charge in [0.15, 0.2) is 0 Å². The maximum absolute atomic E-state index is 13.0. The van der Waals surface area contributed by atoms with Crippen LogP contribution >= 0.6 is 0 Å². The second-order valence-corrected chi connectivity index (χ2v) is 4.11. The quantitative estimate of drug-likeness (QED) is 0.711. The van der Waals surface area contributed by atoms with Crippen LogP contribution in [0.2, 0.25) is 0 Å². The molecule has 0 bridgehead atoms. The first-order valence-corrected chi connectivity index (χ1v) is 5.98. The molecule has 1 fully saturated rings. The van der Waals surface area contributed by atoms with Crippen LogP contribution < -0.4 is 5.32 Å². The van der Waals surface area contributed by atoms with Crippen LogP contribution in [0.15, 0.2) is 0 Å². The third kappa shape index (κ3) is 4.20. The summed E-state index contributed by atoms with van der Waals surface area (Å²) in [5.74, 6) is -3.02. The third-order valence-corrected chi connectivity index (χ3v) is 2.81. The van der Waals surface area contributed by atoms with Crippen LogP contribution in [0.3, 0.4) is 0 Å². The number of hydrogen-bond donors (Lipinski definition) is 1. The molecule has 1 atom stereocenters.